The molecular formula is C34H36N4O5S. The van der Waals surface area contributed by atoms with E-state index in [9.17, 15) is 23.1 Å². The van der Waals surface area contributed by atoms with Crippen LogP contribution in [-0.4, -0.2) is 48.0 Å². The second kappa shape index (κ2) is 13.5. The predicted molar refractivity (Wildman–Crippen MR) is 169 cm³/mol. The summed E-state index contributed by atoms with van der Waals surface area (Å²) in [5.41, 5.74) is 5.96. The number of aryl methyl sites for hydroxylation is 2. The molecule has 3 aromatic carbocycles. The zero-order valence-corrected chi connectivity index (χ0v) is 25.7. The molecule has 1 atom stereocenters. The van der Waals surface area contributed by atoms with Crippen LogP contribution in [0.15, 0.2) is 83.8 Å². The van der Waals surface area contributed by atoms with Crippen LogP contribution >= 0.6 is 0 Å². The van der Waals surface area contributed by atoms with E-state index < -0.39 is 27.9 Å². The second-order valence-corrected chi connectivity index (χ2v) is 12.8. The molecule has 4 aromatic rings. The number of benzene rings is 3. The van der Waals surface area contributed by atoms with Gasteiger partial charge in [-0.3, -0.25) is 14.5 Å². The first-order valence-electron chi connectivity index (χ1n) is 14.8. The average Bonchev–Trinajstić information content (AvgIpc) is 3.01. The number of aromatic nitrogens is 2. The molecule has 10 heteroatoms. The van der Waals surface area contributed by atoms with Crippen LogP contribution in [0.4, 0.5) is 5.82 Å². The summed E-state index contributed by atoms with van der Waals surface area (Å²) in [5.74, 6) is -0.507. The highest BCUT2D eigenvalue weighted by Gasteiger charge is 2.34. The van der Waals surface area contributed by atoms with Crippen LogP contribution in [0.2, 0.25) is 0 Å². The maximum atomic E-state index is 13.1. The van der Waals surface area contributed by atoms with E-state index in [4.69, 9.17) is 9.97 Å². The molecule has 0 aliphatic carbocycles. The number of amides is 2. The van der Waals surface area contributed by atoms with Crippen molar-refractivity contribution >= 4 is 27.7 Å². The number of unbranched alkanes of at least 4 members (excludes halogenated alkanes) is 3. The first-order chi connectivity index (χ1) is 21.1. The Hall–Kier alpha value is -4.41. The number of fused-ring (bicyclic) bond motifs is 1. The Morgan fingerprint density at radius 3 is 2.02 bits per heavy atom. The topological polar surface area (TPSA) is 130 Å². The van der Waals surface area contributed by atoms with Crippen molar-refractivity contribution in [3.63, 3.8) is 0 Å². The number of nitrogens with zero attached hydrogens (tertiary/aromatic N) is 3. The van der Waals surface area contributed by atoms with Crippen LogP contribution in [0.25, 0.3) is 22.5 Å². The van der Waals surface area contributed by atoms with Crippen LogP contribution in [0.1, 0.15) is 48.9 Å². The fourth-order valence-electron chi connectivity index (χ4n) is 5.18. The lowest BCUT2D eigenvalue weighted by Gasteiger charge is -2.31. The van der Waals surface area contributed by atoms with Gasteiger partial charge in [-0.15, -0.1) is 0 Å². The molecule has 9 nitrogen and oxygen atoms in total. The highest BCUT2D eigenvalue weighted by atomic mass is 32.2. The van der Waals surface area contributed by atoms with Gasteiger partial charge in [0.2, 0.25) is 5.91 Å². The number of aliphatic hydroxyl groups excluding tert-OH is 1. The third-order valence-electron chi connectivity index (χ3n) is 7.63. The van der Waals surface area contributed by atoms with Gasteiger partial charge in [0.1, 0.15) is 6.10 Å². The standard InChI is InChI=1S/C34H36N4O5S/c1-23-13-17-25(18-14-23)31-32(26-19-15-24(2)16-20-26)36-33-28(35-31)22-29(39)34(41)38(33)21-9-4-3-8-12-30(40)37-44(42,43)27-10-6-5-7-11-27/h5-7,10-11,13-20,29,39H,3-4,8-9,12,21-22H2,1-2H3,(H,37,40). The number of hydrogen-bond acceptors (Lipinski definition) is 7. The molecule has 1 unspecified atom stereocenters. The van der Waals surface area contributed by atoms with E-state index in [2.05, 4.69) is 4.72 Å². The lowest BCUT2D eigenvalue weighted by Crippen LogP contribution is -2.46. The number of nitrogens with one attached hydrogen (secondary N) is 1. The summed E-state index contributed by atoms with van der Waals surface area (Å²) in [7, 11) is -3.89. The first-order valence-corrected chi connectivity index (χ1v) is 16.3. The highest BCUT2D eigenvalue weighted by Crippen LogP contribution is 2.35. The van der Waals surface area contributed by atoms with Crippen molar-refractivity contribution in [2.24, 2.45) is 0 Å². The van der Waals surface area contributed by atoms with Gasteiger partial charge < -0.3 is 5.11 Å². The van der Waals surface area contributed by atoms with Crippen molar-refractivity contribution < 1.29 is 23.1 Å². The summed E-state index contributed by atoms with van der Waals surface area (Å²) >= 11 is 0. The van der Waals surface area contributed by atoms with Crippen molar-refractivity contribution in [1.29, 1.82) is 0 Å². The molecule has 2 N–H and O–H groups in total. The summed E-state index contributed by atoms with van der Waals surface area (Å²) < 4.78 is 26.8. The molecule has 2 heterocycles. The fraction of sp³-hybridized carbons (Fsp3) is 0.294. The van der Waals surface area contributed by atoms with Gasteiger partial charge in [-0.2, -0.15) is 0 Å². The Kier molecular flexibility index (Phi) is 9.51. The minimum atomic E-state index is -3.89. The van der Waals surface area contributed by atoms with Gasteiger partial charge in [0.25, 0.3) is 15.9 Å². The maximum Gasteiger partial charge on any atom is 0.264 e. The Bertz CT molecular complexity index is 1740. The van der Waals surface area contributed by atoms with E-state index in [1.807, 2.05) is 62.4 Å². The monoisotopic (exact) mass is 612 g/mol. The Morgan fingerprint density at radius 2 is 1.41 bits per heavy atom. The van der Waals surface area contributed by atoms with Crippen molar-refractivity contribution in [1.82, 2.24) is 14.7 Å². The maximum absolute atomic E-state index is 13.1. The van der Waals surface area contributed by atoms with Gasteiger partial charge in [0.05, 0.1) is 22.0 Å². The van der Waals surface area contributed by atoms with E-state index in [0.717, 1.165) is 22.3 Å². The number of hydrogen-bond donors (Lipinski definition) is 2. The largest absolute Gasteiger partial charge is 0.383 e. The fourth-order valence-corrected chi connectivity index (χ4v) is 6.21. The quantitative estimate of drug-likeness (QED) is 0.225. The summed E-state index contributed by atoms with van der Waals surface area (Å²) in [5, 5.41) is 10.6. The Morgan fingerprint density at radius 1 is 0.841 bits per heavy atom. The number of carbonyl (C=O) groups excluding carboxylic acids is 2. The average molecular weight is 613 g/mol. The second-order valence-electron chi connectivity index (χ2n) is 11.1. The minimum absolute atomic E-state index is 0.0432. The molecule has 44 heavy (non-hydrogen) atoms. The van der Waals surface area contributed by atoms with Crippen LogP contribution in [0.5, 0.6) is 0 Å². The number of carbonyl (C=O) groups is 2. The van der Waals surface area contributed by atoms with Gasteiger partial charge in [0.15, 0.2) is 5.82 Å². The van der Waals surface area contributed by atoms with E-state index in [0.29, 0.717) is 55.1 Å². The molecule has 0 radical (unpaired) electrons. The van der Waals surface area contributed by atoms with E-state index in [-0.39, 0.29) is 17.7 Å². The van der Waals surface area contributed by atoms with Crippen molar-refractivity contribution in [2.75, 3.05) is 11.4 Å². The highest BCUT2D eigenvalue weighted by molar-refractivity contribution is 7.90. The summed E-state index contributed by atoms with van der Waals surface area (Å²) in [6, 6.07) is 23.8. The van der Waals surface area contributed by atoms with Crippen molar-refractivity contribution in [3.8, 4) is 22.5 Å². The van der Waals surface area contributed by atoms with Gasteiger partial charge in [-0.1, -0.05) is 90.7 Å². The molecule has 1 aromatic heterocycles. The van der Waals surface area contributed by atoms with Crippen molar-refractivity contribution in [3.05, 3.63) is 95.7 Å². The lowest BCUT2D eigenvalue weighted by atomic mass is 10.00. The van der Waals surface area contributed by atoms with E-state index in [1.165, 1.54) is 17.0 Å². The SMILES string of the molecule is Cc1ccc(-c2nc3c(nc2-c2ccc(C)cc2)N(CCCCCCC(=O)NS(=O)(=O)c2ccccc2)C(=O)C(O)C3)cc1. The summed E-state index contributed by atoms with van der Waals surface area (Å²) in [4.78, 5) is 36.9. The molecule has 228 valence electrons. The Balaban J connectivity index is 1.27. The molecule has 1 aliphatic rings. The molecule has 1 aliphatic heterocycles. The third kappa shape index (κ3) is 7.20. The smallest absolute Gasteiger partial charge is 0.264 e. The van der Waals surface area contributed by atoms with Crippen LogP contribution in [0.3, 0.4) is 0 Å². The number of rotatable bonds is 11. The lowest BCUT2D eigenvalue weighted by molar-refractivity contribution is -0.127. The van der Waals surface area contributed by atoms with Crippen molar-refractivity contribution in [2.45, 2.75) is 63.4 Å². The zero-order chi connectivity index (χ0) is 31.3. The number of sulfonamides is 1. The van der Waals surface area contributed by atoms with E-state index in [1.54, 1.807) is 18.2 Å². The molecule has 5 rings (SSSR count). The van der Waals surface area contributed by atoms with E-state index >= 15 is 0 Å². The molecule has 0 spiro atoms. The summed E-state index contributed by atoms with van der Waals surface area (Å²) in [6.45, 7) is 4.38. The van der Waals surface area contributed by atoms with Crippen LogP contribution < -0.4 is 9.62 Å². The normalized spacial score (nSPS) is 14.8. The first kappa shape index (κ1) is 31.0. The molecule has 0 saturated heterocycles. The minimum Gasteiger partial charge on any atom is -0.383 e. The van der Waals surface area contributed by atoms with Gasteiger partial charge in [-0.25, -0.2) is 23.1 Å². The molecule has 0 bridgehead atoms. The molecular weight excluding hydrogens is 576 g/mol. The molecule has 2 amide bonds. The zero-order valence-electron chi connectivity index (χ0n) is 24.9. The van der Waals surface area contributed by atoms with Gasteiger partial charge >= 0.3 is 0 Å². The number of anilines is 1. The predicted octanol–water partition coefficient (Wildman–Crippen LogP) is 5.13. The molecule has 0 fully saturated rings. The Labute approximate surface area is 258 Å². The molecule has 0 saturated carbocycles. The van der Waals surface area contributed by atoms with Crippen LogP contribution in [-0.2, 0) is 26.0 Å². The third-order valence-corrected chi connectivity index (χ3v) is 9.02. The number of aliphatic hydroxyl groups is 1. The van der Waals surface area contributed by atoms with Gasteiger partial charge in [0, 0.05) is 30.5 Å². The van der Waals surface area contributed by atoms with Gasteiger partial charge in [-0.05, 0) is 38.8 Å². The van der Waals surface area contributed by atoms with Crippen LogP contribution in [0, 0.1) is 13.8 Å². The summed E-state index contributed by atoms with van der Waals surface area (Å²) in [6.07, 6.45) is 1.44.